The Hall–Kier alpha value is -2.51. The fourth-order valence-corrected chi connectivity index (χ4v) is 4.42. The van der Waals surface area contributed by atoms with Gasteiger partial charge in [0.05, 0.1) is 23.8 Å². The van der Waals surface area contributed by atoms with Gasteiger partial charge >= 0.3 is 0 Å². The van der Waals surface area contributed by atoms with Crippen LogP contribution in [0.3, 0.4) is 0 Å². The maximum absolute atomic E-state index is 12.5. The smallest absolute Gasteiger partial charge is 0.257 e. The molecular formula is C21H25N5OS. The molecule has 6 nitrogen and oxygen atoms in total. The van der Waals surface area contributed by atoms with Gasteiger partial charge in [0.15, 0.2) is 5.13 Å². The zero-order valence-electron chi connectivity index (χ0n) is 16.3. The van der Waals surface area contributed by atoms with Gasteiger partial charge in [0.1, 0.15) is 0 Å². The van der Waals surface area contributed by atoms with Crippen LogP contribution in [-0.2, 0) is 20.0 Å². The predicted octanol–water partition coefficient (Wildman–Crippen LogP) is 4.03. The molecule has 146 valence electrons. The quantitative estimate of drug-likeness (QED) is 0.684. The zero-order chi connectivity index (χ0) is 19.5. The normalized spacial score (nSPS) is 17.1. The number of hydrogen-bond donors (Lipinski definition) is 1. The van der Waals surface area contributed by atoms with Crippen LogP contribution in [0.1, 0.15) is 53.1 Å². The summed E-state index contributed by atoms with van der Waals surface area (Å²) in [5.41, 5.74) is 4.00. The van der Waals surface area contributed by atoms with Crippen LogP contribution in [0.2, 0.25) is 0 Å². The van der Waals surface area contributed by atoms with Crippen molar-refractivity contribution in [3.63, 3.8) is 0 Å². The first-order valence-corrected chi connectivity index (χ1v) is 10.6. The van der Waals surface area contributed by atoms with Crippen molar-refractivity contribution < 1.29 is 4.79 Å². The molecule has 4 rings (SSSR count). The summed E-state index contributed by atoms with van der Waals surface area (Å²) in [5.74, 6) is -0.111. The first-order valence-electron chi connectivity index (χ1n) is 9.69. The average Bonchev–Trinajstić information content (AvgIpc) is 3.44. The lowest BCUT2D eigenvalue weighted by atomic mass is 10.1. The monoisotopic (exact) mass is 395 g/mol. The van der Waals surface area contributed by atoms with Gasteiger partial charge in [-0.1, -0.05) is 19.1 Å². The number of hydrogen-bond acceptors (Lipinski definition) is 5. The molecule has 1 N–H and O–H groups in total. The molecule has 1 atom stereocenters. The molecule has 0 aliphatic carbocycles. The van der Waals surface area contributed by atoms with Crippen molar-refractivity contribution in [2.45, 2.75) is 38.8 Å². The van der Waals surface area contributed by atoms with Crippen LogP contribution in [0.15, 0.2) is 42.2 Å². The summed E-state index contributed by atoms with van der Waals surface area (Å²) in [5, 5.41) is 5.67. The summed E-state index contributed by atoms with van der Waals surface area (Å²) in [4.78, 5) is 24.1. The predicted molar refractivity (Wildman–Crippen MR) is 111 cm³/mol. The summed E-state index contributed by atoms with van der Waals surface area (Å²) in [6.45, 7) is 3.98. The van der Waals surface area contributed by atoms with Crippen molar-refractivity contribution in [1.29, 1.82) is 0 Å². The van der Waals surface area contributed by atoms with Crippen LogP contribution in [0, 0.1) is 0 Å². The van der Waals surface area contributed by atoms with E-state index >= 15 is 0 Å². The van der Waals surface area contributed by atoms with E-state index in [1.54, 1.807) is 0 Å². The maximum Gasteiger partial charge on any atom is 0.257 e. The highest BCUT2D eigenvalue weighted by molar-refractivity contribution is 7.14. The molecule has 1 fully saturated rings. The lowest BCUT2D eigenvalue weighted by Crippen LogP contribution is -2.23. The Kier molecular flexibility index (Phi) is 5.54. The average molecular weight is 396 g/mol. The van der Waals surface area contributed by atoms with Crippen LogP contribution in [0.25, 0.3) is 0 Å². The van der Waals surface area contributed by atoms with Gasteiger partial charge in [-0.2, -0.15) is 0 Å². The van der Waals surface area contributed by atoms with E-state index in [-0.39, 0.29) is 11.9 Å². The highest BCUT2D eigenvalue weighted by atomic mass is 32.1. The number of carbonyl (C=O) groups is 1. The van der Waals surface area contributed by atoms with Crippen LogP contribution >= 0.6 is 11.3 Å². The molecule has 0 bridgehead atoms. The van der Waals surface area contributed by atoms with E-state index in [1.807, 2.05) is 42.2 Å². The maximum atomic E-state index is 12.5. The summed E-state index contributed by atoms with van der Waals surface area (Å²) < 4.78 is 1.98. The van der Waals surface area contributed by atoms with E-state index in [0.717, 1.165) is 43.7 Å². The first kappa shape index (κ1) is 18.8. The van der Waals surface area contributed by atoms with Crippen LogP contribution in [-0.4, -0.2) is 31.9 Å². The van der Waals surface area contributed by atoms with E-state index in [1.165, 1.54) is 16.9 Å². The highest BCUT2D eigenvalue weighted by Gasteiger charge is 2.28. The SMILES string of the molecule is CCc1ccc(C(=O)Nc2nc(C3CCCN3Cc3cn(C)cn3)cs2)cc1. The third-order valence-corrected chi connectivity index (χ3v) is 5.97. The Balaban J connectivity index is 1.42. The van der Waals surface area contributed by atoms with Gasteiger partial charge in [0.25, 0.3) is 5.91 Å². The lowest BCUT2D eigenvalue weighted by molar-refractivity contribution is 0.102. The van der Waals surface area contributed by atoms with Crippen molar-refractivity contribution in [2.75, 3.05) is 11.9 Å². The number of carbonyl (C=O) groups excluding carboxylic acids is 1. The molecule has 0 radical (unpaired) electrons. The number of amides is 1. The first-order chi connectivity index (χ1) is 13.6. The Morgan fingerprint density at radius 3 is 2.86 bits per heavy atom. The largest absolute Gasteiger partial charge is 0.340 e. The molecule has 3 heterocycles. The second kappa shape index (κ2) is 8.24. The fourth-order valence-electron chi connectivity index (χ4n) is 3.66. The number of nitrogens with one attached hydrogen (secondary N) is 1. The molecule has 2 aromatic heterocycles. The zero-order valence-corrected chi connectivity index (χ0v) is 17.1. The molecule has 0 saturated carbocycles. The molecule has 28 heavy (non-hydrogen) atoms. The Bertz CT molecular complexity index is 946. The summed E-state index contributed by atoms with van der Waals surface area (Å²) in [6.07, 6.45) is 7.10. The van der Waals surface area contributed by atoms with Gasteiger partial charge < -0.3 is 4.57 Å². The second-order valence-corrected chi connectivity index (χ2v) is 8.10. The minimum atomic E-state index is -0.111. The van der Waals surface area contributed by atoms with E-state index in [0.29, 0.717) is 10.7 Å². The molecule has 1 saturated heterocycles. The summed E-state index contributed by atoms with van der Waals surface area (Å²) in [7, 11) is 1.99. The molecule has 1 aliphatic rings. The van der Waals surface area contributed by atoms with Gasteiger partial charge in [0.2, 0.25) is 0 Å². The van der Waals surface area contributed by atoms with Crippen molar-refractivity contribution in [2.24, 2.45) is 7.05 Å². The topological polar surface area (TPSA) is 63.1 Å². The molecular weight excluding hydrogens is 370 g/mol. The molecule has 1 unspecified atom stereocenters. The number of aryl methyl sites for hydroxylation is 2. The molecule has 1 aromatic carbocycles. The van der Waals surface area contributed by atoms with Crippen LogP contribution < -0.4 is 5.32 Å². The van der Waals surface area contributed by atoms with E-state index in [2.05, 4.69) is 33.7 Å². The number of benzene rings is 1. The molecule has 1 amide bonds. The second-order valence-electron chi connectivity index (χ2n) is 7.24. The third kappa shape index (κ3) is 4.15. The molecule has 1 aliphatic heterocycles. The third-order valence-electron chi connectivity index (χ3n) is 5.20. The lowest BCUT2D eigenvalue weighted by Gasteiger charge is -2.21. The fraction of sp³-hybridized carbons (Fsp3) is 0.381. The van der Waals surface area contributed by atoms with E-state index in [9.17, 15) is 4.79 Å². The number of likely N-dealkylation sites (tertiary alicyclic amines) is 1. The number of nitrogens with zero attached hydrogens (tertiary/aromatic N) is 4. The molecule has 7 heteroatoms. The number of rotatable bonds is 6. The minimum Gasteiger partial charge on any atom is -0.340 e. The van der Waals surface area contributed by atoms with Gasteiger partial charge in [-0.05, 0) is 43.5 Å². The van der Waals surface area contributed by atoms with E-state index in [4.69, 9.17) is 4.98 Å². The standard InChI is InChI=1S/C21H25N5OS/c1-3-15-6-8-16(9-7-15)20(27)24-21-23-18(13-28-21)19-5-4-10-26(19)12-17-11-25(2)14-22-17/h6-9,11,13-14,19H,3-5,10,12H2,1-2H3,(H,23,24,27). The Morgan fingerprint density at radius 1 is 1.32 bits per heavy atom. The van der Waals surface area contributed by atoms with Gasteiger partial charge in [0, 0.05) is 30.7 Å². The Labute approximate surface area is 169 Å². The Morgan fingerprint density at radius 2 is 2.14 bits per heavy atom. The molecule has 0 spiro atoms. The van der Waals surface area contributed by atoms with Crippen molar-refractivity contribution in [3.05, 3.63) is 64.7 Å². The van der Waals surface area contributed by atoms with Crippen LogP contribution in [0.5, 0.6) is 0 Å². The number of imidazole rings is 1. The van der Waals surface area contributed by atoms with Gasteiger partial charge in [-0.25, -0.2) is 9.97 Å². The number of aromatic nitrogens is 3. The van der Waals surface area contributed by atoms with Gasteiger partial charge in [-0.15, -0.1) is 11.3 Å². The minimum absolute atomic E-state index is 0.111. The highest BCUT2D eigenvalue weighted by Crippen LogP contribution is 2.34. The van der Waals surface area contributed by atoms with Crippen molar-refractivity contribution in [3.8, 4) is 0 Å². The molecule has 3 aromatic rings. The van der Waals surface area contributed by atoms with Crippen molar-refractivity contribution >= 4 is 22.4 Å². The number of thiazole rings is 1. The van der Waals surface area contributed by atoms with Crippen LogP contribution in [0.4, 0.5) is 5.13 Å². The summed E-state index contributed by atoms with van der Waals surface area (Å²) in [6, 6.07) is 8.02. The number of anilines is 1. The van der Waals surface area contributed by atoms with Gasteiger partial charge in [-0.3, -0.25) is 15.0 Å². The summed E-state index contributed by atoms with van der Waals surface area (Å²) >= 11 is 1.49. The van der Waals surface area contributed by atoms with E-state index < -0.39 is 0 Å². The van der Waals surface area contributed by atoms with Crippen molar-refractivity contribution in [1.82, 2.24) is 19.4 Å².